The number of nitrogens with zero attached hydrogens (tertiary/aromatic N) is 3. The number of carbonyl (C=O) groups is 1. The van der Waals surface area contributed by atoms with Gasteiger partial charge in [0.05, 0.1) is 0 Å². The minimum Gasteiger partial charge on any atom is -0.340 e. The van der Waals surface area contributed by atoms with Crippen LogP contribution in [0.3, 0.4) is 0 Å². The molecule has 1 unspecified atom stereocenters. The molecule has 1 amide bonds. The van der Waals surface area contributed by atoms with Gasteiger partial charge in [0.2, 0.25) is 5.91 Å². The molecule has 5 nitrogen and oxygen atoms in total. The quantitative estimate of drug-likeness (QED) is 0.738. The first kappa shape index (κ1) is 24.2. The van der Waals surface area contributed by atoms with Gasteiger partial charge in [0.1, 0.15) is 0 Å². The van der Waals surface area contributed by atoms with E-state index < -0.39 is 0 Å². The van der Waals surface area contributed by atoms with Crippen molar-refractivity contribution in [1.29, 1.82) is 0 Å². The van der Waals surface area contributed by atoms with E-state index in [0.717, 1.165) is 51.7 Å². The van der Waals surface area contributed by atoms with Crippen molar-refractivity contribution in [3.05, 3.63) is 35.9 Å². The lowest BCUT2D eigenvalue weighted by molar-refractivity contribution is -0.132. The van der Waals surface area contributed by atoms with Crippen LogP contribution in [0.25, 0.3) is 0 Å². The van der Waals surface area contributed by atoms with Crippen molar-refractivity contribution in [2.24, 2.45) is 5.92 Å². The number of amides is 1. The van der Waals surface area contributed by atoms with E-state index in [1.807, 2.05) is 4.90 Å². The van der Waals surface area contributed by atoms with Gasteiger partial charge in [-0.25, -0.2) is 0 Å². The molecule has 1 N–H and O–H groups in total. The van der Waals surface area contributed by atoms with Crippen LogP contribution in [0.15, 0.2) is 30.3 Å². The zero-order valence-electron chi connectivity index (χ0n) is 16.3. The predicted octanol–water partition coefficient (Wildman–Crippen LogP) is 2.11. The molecule has 1 aromatic carbocycles. The van der Waals surface area contributed by atoms with Gasteiger partial charge >= 0.3 is 0 Å². The third-order valence-electron chi connectivity index (χ3n) is 5.37. The van der Waals surface area contributed by atoms with E-state index in [4.69, 9.17) is 0 Å². The topological polar surface area (TPSA) is 38.8 Å². The van der Waals surface area contributed by atoms with Gasteiger partial charge in [-0.3, -0.25) is 9.69 Å². The van der Waals surface area contributed by atoms with Crippen molar-refractivity contribution in [3.63, 3.8) is 0 Å². The molecule has 0 aliphatic carbocycles. The van der Waals surface area contributed by atoms with Gasteiger partial charge in [0, 0.05) is 58.8 Å². The summed E-state index contributed by atoms with van der Waals surface area (Å²) in [6.45, 7) is 8.97. The third-order valence-corrected chi connectivity index (χ3v) is 5.37. The second kappa shape index (κ2) is 12.6. The Bertz CT molecular complexity index is 540. The number of hydrogen-bond acceptors (Lipinski definition) is 4. The van der Waals surface area contributed by atoms with Gasteiger partial charge in [-0.1, -0.05) is 30.3 Å². The molecule has 2 saturated heterocycles. The lowest BCUT2D eigenvalue weighted by atomic mass is 10.1. The van der Waals surface area contributed by atoms with Crippen molar-refractivity contribution in [2.45, 2.75) is 19.4 Å². The number of carbonyl (C=O) groups excluding carboxylic acids is 1. The standard InChI is InChI=1S/C20H32N4O.2ClH/c1-22(11-8-20(25)24-13-9-21-10-14-24)15-19-7-12-23(17-19)16-18-5-3-2-4-6-18;;/h2-6,19,21H,7-17H2,1H3;2*1H. The Balaban J connectivity index is 0.00000182. The lowest BCUT2D eigenvalue weighted by Crippen LogP contribution is -2.47. The average molecular weight is 417 g/mol. The third kappa shape index (κ3) is 7.96. The van der Waals surface area contributed by atoms with Gasteiger partial charge in [0.15, 0.2) is 0 Å². The molecule has 2 heterocycles. The maximum Gasteiger partial charge on any atom is 0.223 e. The Morgan fingerprint density at radius 1 is 1.15 bits per heavy atom. The van der Waals surface area contributed by atoms with Crippen LogP contribution in [0.1, 0.15) is 18.4 Å². The van der Waals surface area contributed by atoms with Crippen LogP contribution in [0.4, 0.5) is 0 Å². The Morgan fingerprint density at radius 3 is 2.56 bits per heavy atom. The Hall–Kier alpha value is -0.850. The Kier molecular flexibility index (Phi) is 11.3. The van der Waals surface area contributed by atoms with Crippen LogP contribution in [0.5, 0.6) is 0 Å². The lowest BCUT2D eigenvalue weighted by Gasteiger charge is -2.28. The minimum absolute atomic E-state index is 0. The van der Waals surface area contributed by atoms with Crippen molar-refractivity contribution in [1.82, 2.24) is 20.0 Å². The molecular weight excluding hydrogens is 383 g/mol. The highest BCUT2D eigenvalue weighted by molar-refractivity contribution is 5.85. The van der Waals surface area contributed by atoms with Crippen LogP contribution in [0, 0.1) is 5.92 Å². The summed E-state index contributed by atoms with van der Waals surface area (Å²) in [5.41, 5.74) is 1.40. The highest BCUT2D eigenvalue weighted by Crippen LogP contribution is 2.19. The fraction of sp³-hybridized carbons (Fsp3) is 0.650. The first-order valence-electron chi connectivity index (χ1n) is 9.64. The first-order valence-corrected chi connectivity index (χ1v) is 9.64. The second-order valence-corrected chi connectivity index (χ2v) is 7.52. The number of hydrogen-bond donors (Lipinski definition) is 1. The molecule has 0 bridgehead atoms. The summed E-state index contributed by atoms with van der Waals surface area (Å²) < 4.78 is 0. The summed E-state index contributed by atoms with van der Waals surface area (Å²) in [6.07, 6.45) is 1.92. The summed E-state index contributed by atoms with van der Waals surface area (Å²) in [4.78, 5) is 19.2. The summed E-state index contributed by atoms with van der Waals surface area (Å²) in [6, 6.07) is 10.7. The maximum absolute atomic E-state index is 12.3. The predicted molar refractivity (Wildman–Crippen MR) is 116 cm³/mol. The summed E-state index contributed by atoms with van der Waals surface area (Å²) in [7, 11) is 2.16. The zero-order valence-corrected chi connectivity index (χ0v) is 17.9. The molecule has 0 saturated carbocycles. The molecule has 1 atom stereocenters. The van der Waals surface area contributed by atoms with E-state index >= 15 is 0 Å². The van der Waals surface area contributed by atoms with Crippen LogP contribution < -0.4 is 5.32 Å². The molecule has 27 heavy (non-hydrogen) atoms. The monoisotopic (exact) mass is 416 g/mol. The summed E-state index contributed by atoms with van der Waals surface area (Å²) in [5.74, 6) is 1.04. The van der Waals surface area contributed by atoms with E-state index in [0.29, 0.717) is 12.3 Å². The number of rotatable bonds is 7. The molecule has 0 radical (unpaired) electrons. The fourth-order valence-corrected chi connectivity index (χ4v) is 3.94. The molecule has 0 spiro atoms. The summed E-state index contributed by atoms with van der Waals surface area (Å²) >= 11 is 0. The molecular formula is C20H34Cl2N4O. The SMILES string of the molecule is CN(CCC(=O)N1CCNCC1)CC1CCN(Cc2ccccc2)C1.Cl.Cl. The number of piperazine rings is 1. The first-order chi connectivity index (χ1) is 12.2. The molecule has 154 valence electrons. The number of halogens is 2. The Labute approximate surface area is 176 Å². The smallest absolute Gasteiger partial charge is 0.223 e. The van der Waals surface area contributed by atoms with Crippen LogP contribution in [-0.4, -0.2) is 80.0 Å². The summed E-state index contributed by atoms with van der Waals surface area (Å²) in [5, 5.41) is 3.30. The molecule has 0 aromatic heterocycles. The van der Waals surface area contributed by atoms with Crippen LogP contribution >= 0.6 is 24.8 Å². The van der Waals surface area contributed by atoms with Crippen LogP contribution in [-0.2, 0) is 11.3 Å². The van der Waals surface area contributed by atoms with Crippen molar-refractivity contribution in [2.75, 3.05) is 59.4 Å². The largest absolute Gasteiger partial charge is 0.340 e. The fourth-order valence-electron chi connectivity index (χ4n) is 3.94. The number of nitrogens with one attached hydrogen (secondary N) is 1. The molecule has 3 rings (SSSR count). The van der Waals surface area contributed by atoms with Crippen molar-refractivity contribution in [3.8, 4) is 0 Å². The number of benzene rings is 1. The molecule has 7 heteroatoms. The van der Waals surface area contributed by atoms with Crippen molar-refractivity contribution < 1.29 is 4.79 Å². The molecule has 2 aliphatic heterocycles. The molecule has 2 fully saturated rings. The van der Waals surface area contributed by atoms with Crippen molar-refractivity contribution >= 4 is 30.7 Å². The van der Waals surface area contributed by atoms with E-state index in [1.165, 1.54) is 25.1 Å². The van der Waals surface area contributed by atoms with E-state index in [-0.39, 0.29) is 24.8 Å². The highest BCUT2D eigenvalue weighted by Gasteiger charge is 2.24. The van der Waals surface area contributed by atoms with E-state index in [9.17, 15) is 4.79 Å². The van der Waals surface area contributed by atoms with Gasteiger partial charge in [-0.05, 0) is 31.5 Å². The number of likely N-dealkylation sites (tertiary alicyclic amines) is 1. The van der Waals surface area contributed by atoms with E-state index in [1.54, 1.807) is 0 Å². The van der Waals surface area contributed by atoms with Gasteiger partial charge in [-0.15, -0.1) is 24.8 Å². The van der Waals surface area contributed by atoms with Crippen LogP contribution in [0.2, 0.25) is 0 Å². The molecule has 2 aliphatic rings. The van der Waals surface area contributed by atoms with E-state index in [2.05, 4.69) is 52.5 Å². The normalized spacial score (nSPS) is 20.2. The van der Waals surface area contributed by atoms with Gasteiger partial charge < -0.3 is 15.1 Å². The Morgan fingerprint density at radius 2 is 1.85 bits per heavy atom. The van der Waals surface area contributed by atoms with Gasteiger partial charge in [0.25, 0.3) is 0 Å². The second-order valence-electron chi connectivity index (χ2n) is 7.52. The zero-order chi connectivity index (χ0) is 17.5. The highest BCUT2D eigenvalue weighted by atomic mass is 35.5. The maximum atomic E-state index is 12.3. The van der Waals surface area contributed by atoms with Gasteiger partial charge in [-0.2, -0.15) is 0 Å². The minimum atomic E-state index is 0. The average Bonchev–Trinajstić information content (AvgIpc) is 3.08. The molecule has 1 aromatic rings.